The number of thioether (sulfide) groups is 1. The minimum atomic E-state index is -0.818. The number of nitrogens with zero attached hydrogens (tertiary/aromatic N) is 1. The third-order valence-corrected chi connectivity index (χ3v) is 5.14. The number of hydrogen-bond donors (Lipinski definition) is 2. The summed E-state index contributed by atoms with van der Waals surface area (Å²) in [7, 11) is 0. The van der Waals surface area contributed by atoms with Gasteiger partial charge in [0.15, 0.2) is 0 Å². The molecule has 1 fully saturated rings. The van der Waals surface area contributed by atoms with Gasteiger partial charge < -0.3 is 15.4 Å². The normalized spacial score (nSPS) is 18.0. The fraction of sp³-hybridized carbons (Fsp3) is 0.556. The molecule has 0 saturated carbocycles. The summed E-state index contributed by atoms with van der Waals surface area (Å²) in [5, 5.41) is 17.4. The highest BCUT2D eigenvalue weighted by molar-refractivity contribution is 7.99. The summed E-state index contributed by atoms with van der Waals surface area (Å²) in [6.45, 7) is 4.29. The fourth-order valence-electron chi connectivity index (χ4n) is 2.89. The Balaban J connectivity index is 2.15. The lowest BCUT2D eigenvalue weighted by atomic mass is 10.0. The van der Waals surface area contributed by atoms with Gasteiger partial charge in [-0.1, -0.05) is 18.2 Å². The van der Waals surface area contributed by atoms with Gasteiger partial charge in [0.2, 0.25) is 5.91 Å². The molecule has 0 radical (unpaired) electrons. The number of hydrogen-bond acceptors (Lipinski definition) is 7. The van der Waals surface area contributed by atoms with Crippen molar-refractivity contribution in [2.75, 3.05) is 18.1 Å². The summed E-state index contributed by atoms with van der Waals surface area (Å²) in [5.74, 6) is 1.08. The molecule has 1 aliphatic rings. The lowest BCUT2D eigenvalue weighted by Crippen LogP contribution is -2.42. The Hall–Kier alpha value is -2.13. The number of nitro groups is 1. The first kappa shape index (κ1) is 21.2. The maximum atomic E-state index is 12.5. The van der Waals surface area contributed by atoms with E-state index in [1.165, 1.54) is 6.07 Å². The monoisotopic (exact) mass is 395 g/mol. The highest BCUT2D eigenvalue weighted by atomic mass is 32.2. The second-order valence-corrected chi connectivity index (χ2v) is 7.76. The van der Waals surface area contributed by atoms with Gasteiger partial charge in [-0.15, -0.1) is 0 Å². The number of para-hydroxylation sites is 1. The number of nitro benzene ring substituents is 1. The smallest absolute Gasteiger partial charge is 0.308 e. The van der Waals surface area contributed by atoms with Gasteiger partial charge in [0.05, 0.1) is 29.1 Å². The molecule has 0 bridgehead atoms. The van der Waals surface area contributed by atoms with Crippen LogP contribution in [0.3, 0.4) is 0 Å². The topological polar surface area (TPSA) is 111 Å². The predicted molar refractivity (Wildman–Crippen MR) is 104 cm³/mol. The molecule has 8 nitrogen and oxygen atoms in total. The summed E-state index contributed by atoms with van der Waals surface area (Å²) in [4.78, 5) is 35.5. The zero-order chi connectivity index (χ0) is 19.8. The van der Waals surface area contributed by atoms with E-state index in [0.29, 0.717) is 5.56 Å². The molecule has 0 aliphatic carbocycles. The van der Waals surface area contributed by atoms with E-state index in [0.717, 1.165) is 18.1 Å². The van der Waals surface area contributed by atoms with E-state index < -0.39 is 16.9 Å². The van der Waals surface area contributed by atoms with Crippen molar-refractivity contribution in [2.45, 2.75) is 44.9 Å². The first-order valence-corrected chi connectivity index (χ1v) is 10.1. The maximum absolute atomic E-state index is 12.5. The first-order chi connectivity index (χ1) is 12.9. The van der Waals surface area contributed by atoms with Crippen molar-refractivity contribution in [3.63, 3.8) is 0 Å². The van der Waals surface area contributed by atoms with Crippen LogP contribution in [0.1, 0.15) is 38.3 Å². The highest BCUT2D eigenvalue weighted by Gasteiger charge is 2.27. The molecule has 1 amide bonds. The van der Waals surface area contributed by atoms with Crippen LogP contribution in [0.15, 0.2) is 24.3 Å². The zero-order valence-electron chi connectivity index (χ0n) is 15.5. The average molecular weight is 395 g/mol. The fourth-order valence-corrected chi connectivity index (χ4v) is 3.84. The minimum absolute atomic E-state index is 0.0535. The molecule has 2 unspecified atom stereocenters. The SMILES string of the molecule is CC(C)OC(=O)CC(NC(=O)CC1CSCCN1)c1ccccc1[N+](=O)[O-]. The van der Waals surface area contributed by atoms with Crippen LogP contribution in [0.2, 0.25) is 0 Å². The molecule has 2 N–H and O–H groups in total. The van der Waals surface area contributed by atoms with E-state index in [1.54, 1.807) is 43.8 Å². The molecular formula is C18H25N3O5S. The summed E-state index contributed by atoms with van der Waals surface area (Å²) in [5.41, 5.74) is 0.161. The molecule has 1 aromatic carbocycles. The maximum Gasteiger partial charge on any atom is 0.308 e. The number of benzene rings is 1. The molecule has 0 aromatic heterocycles. The van der Waals surface area contributed by atoms with Crippen molar-refractivity contribution in [3.05, 3.63) is 39.9 Å². The third-order valence-electron chi connectivity index (χ3n) is 4.01. The summed E-state index contributed by atoms with van der Waals surface area (Å²) >= 11 is 1.78. The Morgan fingerprint density at radius 3 is 2.78 bits per heavy atom. The van der Waals surface area contributed by atoms with Gasteiger partial charge >= 0.3 is 5.97 Å². The van der Waals surface area contributed by atoms with E-state index in [2.05, 4.69) is 10.6 Å². The number of rotatable bonds is 8. The molecule has 27 heavy (non-hydrogen) atoms. The first-order valence-electron chi connectivity index (χ1n) is 8.90. The summed E-state index contributed by atoms with van der Waals surface area (Å²) < 4.78 is 5.16. The molecule has 1 heterocycles. The largest absolute Gasteiger partial charge is 0.463 e. The van der Waals surface area contributed by atoms with Crippen molar-refractivity contribution < 1.29 is 19.2 Å². The predicted octanol–water partition coefficient (Wildman–Crippen LogP) is 2.19. The number of ether oxygens (including phenoxy) is 1. The van der Waals surface area contributed by atoms with E-state index in [1.807, 2.05) is 0 Å². The van der Waals surface area contributed by atoms with Gasteiger partial charge in [0.25, 0.3) is 5.69 Å². The molecule has 9 heteroatoms. The Morgan fingerprint density at radius 1 is 1.41 bits per heavy atom. The number of nitrogens with one attached hydrogen (secondary N) is 2. The van der Waals surface area contributed by atoms with E-state index in [9.17, 15) is 19.7 Å². The standard InChI is InChI=1S/C18H25N3O5S/c1-12(2)26-18(23)10-15(14-5-3-4-6-16(14)21(24)25)20-17(22)9-13-11-27-8-7-19-13/h3-6,12-13,15,19H,7-11H2,1-2H3,(H,20,22). The van der Waals surface area contributed by atoms with Crippen molar-refractivity contribution in [3.8, 4) is 0 Å². The van der Waals surface area contributed by atoms with Crippen molar-refractivity contribution >= 4 is 29.3 Å². The quantitative estimate of drug-likeness (QED) is 0.394. The number of carbonyl (C=O) groups is 2. The van der Waals surface area contributed by atoms with Crippen LogP contribution >= 0.6 is 11.8 Å². The molecule has 1 aromatic rings. The van der Waals surface area contributed by atoms with Gasteiger partial charge in [-0.2, -0.15) is 11.8 Å². The Morgan fingerprint density at radius 2 is 2.15 bits per heavy atom. The Kier molecular flexibility index (Phi) is 8.05. The lowest BCUT2D eigenvalue weighted by Gasteiger charge is -2.24. The van der Waals surface area contributed by atoms with Crippen LogP contribution in [0.4, 0.5) is 5.69 Å². The van der Waals surface area contributed by atoms with E-state index >= 15 is 0 Å². The minimum Gasteiger partial charge on any atom is -0.463 e. The van der Waals surface area contributed by atoms with Crippen LogP contribution in [0.25, 0.3) is 0 Å². The molecule has 1 saturated heterocycles. The van der Waals surface area contributed by atoms with Crippen LogP contribution < -0.4 is 10.6 Å². The molecule has 148 valence electrons. The molecular weight excluding hydrogens is 370 g/mol. The van der Waals surface area contributed by atoms with Gasteiger partial charge in [-0.3, -0.25) is 19.7 Å². The lowest BCUT2D eigenvalue weighted by molar-refractivity contribution is -0.385. The Bertz CT molecular complexity index is 677. The number of esters is 1. The van der Waals surface area contributed by atoms with E-state index in [4.69, 9.17) is 4.74 Å². The molecule has 0 spiro atoms. The van der Waals surface area contributed by atoms with Gasteiger partial charge in [0, 0.05) is 36.6 Å². The van der Waals surface area contributed by atoms with Crippen LogP contribution in [-0.2, 0) is 14.3 Å². The summed E-state index contributed by atoms with van der Waals surface area (Å²) in [6, 6.07) is 5.35. The van der Waals surface area contributed by atoms with Crippen molar-refractivity contribution in [1.29, 1.82) is 0 Å². The van der Waals surface area contributed by atoms with Crippen LogP contribution in [-0.4, -0.2) is 47.0 Å². The second kappa shape index (κ2) is 10.3. The van der Waals surface area contributed by atoms with E-state index in [-0.39, 0.29) is 36.6 Å². The third kappa shape index (κ3) is 6.84. The number of amides is 1. The second-order valence-electron chi connectivity index (χ2n) is 6.61. The number of carbonyl (C=O) groups excluding carboxylic acids is 2. The van der Waals surface area contributed by atoms with Crippen molar-refractivity contribution in [2.24, 2.45) is 0 Å². The molecule has 2 atom stereocenters. The van der Waals surface area contributed by atoms with Crippen molar-refractivity contribution in [1.82, 2.24) is 10.6 Å². The van der Waals surface area contributed by atoms with Gasteiger partial charge in [-0.05, 0) is 13.8 Å². The molecule has 1 aliphatic heterocycles. The van der Waals surface area contributed by atoms with Gasteiger partial charge in [0.1, 0.15) is 0 Å². The molecule has 2 rings (SSSR count). The highest BCUT2D eigenvalue weighted by Crippen LogP contribution is 2.27. The zero-order valence-corrected chi connectivity index (χ0v) is 16.3. The van der Waals surface area contributed by atoms with Crippen LogP contribution in [0.5, 0.6) is 0 Å². The van der Waals surface area contributed by atoms with Gasteiger partial charge in [-0.25, -0.2) is 0 Å². The van der Waals surface area contributed by atoms with Crippen LogP contribution in [0, 0.1) is 10.1 Å². The Labute approximate surface area is 162 Å². The average Bonchev–Trinajstić information content (AvgIpc) is 2.61. The summed E-state index contributed by atoms with van der Waals surface area (Å²) in [6.07, 6.45) is -0.214.